The van der Waals surface area contributed by atoms with Gasteiger partial charge in [-0.15, -0.1) is 0 Å². The molecule has 0 amide bonds. The number of ether oxygens (including phenoxy) is 2. The summed E-state index contributed by atoms with van der Waals surface area (Å²) < 4.78 is 11.2. The highest BCUT2D eigenvalue weighted by Crippen LogP contribution is 2.17. The average Bonchev–Trinajstić information content (AvgIpc) is 2.78. The normalized spacial score (nSPS) is 12.9. The molecule has 0 N–H and O–H groups in total. The third-order valence-corrected chi connectivity index (χ3v) is 5.91. The zero-order valence-corrected chi connectivity index (χ0v) is 21.0. The topological polar surface area (TPSA) is 52.6 Å². The van der Waals surface area contributed by atoms with Gasteiger partial charge in [-0.1, -0.05) is 90.2 Å². The molecule has 0 aliphatic carbocycles. The van der Waals surface area contributed by atoms with E-state index < -0.39 is 11.9 Å². The molecule has 2 atom stereocenters. The lowest BCUT2D eigenvalue weighted by molar-refractivity contribution is 0.0270. The molecule has 182 valence electrons. The maximum atomic E-state index is 12.7. The molecule has 32 heavy (non-hydrogen) atoms. The summed E-state index contributed by atoms with van der Waals surface area (Å²) in [5.74, 6) is -0.890. The van der Waals surface area contributed by atoms with Crippen LogP contribution in [0.15, 0.2) is 24.3 Å². The minimum absolute atomic E-state index is 0.163. The smallest absolute Gasteiger partial charge is 0.339 e. The summed E-state index contributed by atoms with van der Waals surface area (Å²) in [6, 6.07) is 6.81. The van der Waals surface area contributed by atoms with E-state index in [-0.39, 0.29) is 12.2 Å². The van der Waals surface area contributed by atoms with Gasteiger partial charge in [0.25, 0.3) is 0 Å². The molecule has 4 heteroatoms. The average molecular weight is 447 g/mol. The quantitative estimate of drug-likeness (QED) is 0.168. The minimum atomic E-state index is -0.445. The Hall–Kier alpha value is -1.84. The largest absolute Gasteiger partial charge is 0.459 e. The van der Waals surface area contributed by atoms with Crippen molar-refractivity contribution in [2.75, 3.05) is 0 Å². The van der Waals surface area contributed by atoms with Crippen LogP contribution in [0.25, 0.3) is 0 Å². The monoisotopic (exact) mass is 446 g/mol. The second kappa shape index (κ2) is 17.7. The number of benzene rings is 1. The number of unbranched alkanes of at least 4 members (excludes halogenated alkanes) is 10. The summed E-state index contributed by atoms with van der Waals surface area (Å²) in [5.41, 5.74) is 0.582. The Bertz CT molecular complexity index is 585. The van der Waals surface area contributed by atoms with E-state index in [1.165, 1.54) is 64.2 Å². The first kappa shape index (κ1) is 28.2. The Morgan fingerprint density at radius 3 is 1.34 bits per heavy atom. The molecule has 1 aromatic rings. The molecule has 0 spiro atoms. The van der Waals surface area contributed by atoms with E-state index in [0.717, 1.165) is 25.7 Å². The third kappa shape index (κ3) is 12.3. The molecule has 0 fully saturated rings. The van der Waals surface area contributed by atoms with Gasteiger partial charge in [0, 0.05) is 0 Å². The molecular formula is C28H46O4. The van der Waals surface area contributed by atoms with E-state index in [1.807, 2.05) is 13.8 Å². The lowest BCUT2D eigenvalue weighted by Gasteiger charge is -2.16. The van der Waals surface area contributed by atoms with Crippen LogP contribution in [0.3, 0.4) is 0 Å². The first-order valence-corrected chi connectivity index (χ1v) is 13.0. The Labute approximate surface area is 196 Å². The summed E-state index contributed by atoms with van der Waals surface area (Å²) in [6.45, 7) is 8.28. The predicted molar refractivity (Wildman–Crippen MR) is 132 cm³/mol. The molecule has 0 heterocycles. The van der Waals surface area contributed by atoms with Crippen molar-refractivity contribution in [1.29, 1.82) is 0 Å². The molecule has 0 aromatic heterocycles. The van der Waals surface area contributed by atoms with Crippen LogP contribution < -0.4 is 0 Å². The summed E-state index contributed by atoms with van der Waals surface area (Å²) in [4.78, 5) is 25.4. The first-order valence-electron chi connectivity index (χ1n) is 13.0. The second-order valence-corrected chi connectivity index (χ2v) is 9.09. The van der Waals surface area contributed by atoms with Gasteiger partial charge < -0.3 is 9.47 Å². The van der Waals surface area contributed by atoms with Gasteiger partial charge in [0.05, 0.1) is 23.3 Å². The predicted octanol–water partition coefficient (Wildman–Crippen LogP) is 8.28. The fourth-order valence-electron chi connectivity index (χ4n) is 3.87. The van der Waals surface area contributed by atoms with Crippen LogP contribution in [-0.4, -0.2) is 24.1 Å². The standard InChI is InChI=1S/C28H46O4/c1-5-7-9-11-13-15-19-23(3)31-27(29)25-21-17-18-22-26(25)28(30)32-24(4)20-16-14-12-10-8-6-2/h17-18,21-24H,5-16,19-20H2,1-4H3. The molecular weight excluding hydrogens is 400 g/mol. The van der Waals surface area contributed by atoms with Crippen molar-refractivity contribution in [3.63, 3.8) is 0 Å². The lowest BCUT2D eigenvalue weighted by Crippen LogP contribution is -2.20. The van der Waals surface area contributed by atoms with Crippen LogP contribution in [-0.2, 0) is 9.47 Å². The number of rotatable bonds is 18. The van der Waals surface area contributed by atoms with Crippen LogP contribution in [0.1, 0.15) is 138 Å². The van der Waals surface area contributed by atoms with Crippen molar-refractivity contribution < 1.29 is 19.1 Å². The molecule has 2 unspecified atom stereocenters. The van der Waals surface area contributed by atoms with Gasteiger partial charge >= 0.3 is 11.9 Å². The number of carbonyl (C=O) groups is 2. The molecule has 4 nitrogen and oxygen atoms in total. The van der Waals surface area contributed by atoms with Gasteiger partial charge in [0.1, 0.15) is 0 Å². The highest BCUT2D eigenvalue weighted by Gasteiger charge is 2.22. The van der Waals surface area contributed by atoms with E-state index in [1.54, 1.807) is 24.3 Å². The van der Waals surface area contributed by atoms with Gasteiger partial charge in [-0.2, -0.15) is 0 Å². The van der Waals surface area contributed by atoms with Crippen molar-refractivity contribution in [2.24, 2.45) is 0 Å². The van der Waals surface area contributed by atoms with Crippen molar-refractivity contribution in [3.05, 3.63) is 35.4 Å². The minimum Gasteiger partial charge on any atom is -0.459 e. The maximum Gasteiger partial charge on any atom is 0.339 e. The maximum absolute atomic E-state index is 12.7. The van der Waals surface area contributed by atoms with Crippen LogP contribution in [0.2, 0.25) is 0 Å². The van der Waals surface area contributed by atoms with Crippen LogP contribution in [0, 0.1) is 0 Å². The van der Waals surface area contributed by atoms with Crippen molar-refractivity contribution in [2.45, 2.75) is 130 Å². The Kier molecular flexibility index (Phi) is 15.6. The van der Waals surface area contributed by atoms with E-state index in [9.17, 15) is 9.59 Å². The molecule has 0 saturated carbocycles. The first-order chi connectivity index (χ1) is 15.5. The molecule has 0 saturated heterocycles. The molecule has 1 aromatic carbocycles. The fourth-order valence-corrected chi connectivity index (χ4v) is 3.87. The Balaban J connectivity index is 2.46. The number of hydrogen-bond donors (Lipinski definition) is 0. The van der Waals surface area contributed by atoms with E-state index >= 15 is 0 Å². The summed E-state index contributed by atoms with van der Waals surface area (Å²) in [7, 11) is 0. The molecule has 0 radical (unpaired) electrons. The van der Waals surface area contributed by atoms with Gasteiger partial charge in [0.15, 0.2) is 0 Å². The van der Waals surface area contributed by atoms with Crippen LogP contribution >= 0.6 is 0 Å². The fraction of sp³-hybridized carbons (Fsp3) is 0.714. The molecule has 0 bridgehead atoms. The zero-order valence-electron chi connectivity index (χ0n) is 21.0. The van der Waals surface area contributed by atoms with Gasteiger partial charge in [0.2, 0.25) is 0 Å². The number of esters is 2. The van der Waals surface area contributed by atoms with E-state index in [4.69, 9.17) is 9.47 Å². The van der Waals surface area contributed by atoms with E-state index in [2.05, 4.69) is 13.8 Å². The van der Waals surface area contributed by atoms with Crippen LogP contribution in [0.4, 0.5) is 0 Å². The van der Waals surface area contributed by atoms with Crippen LogP contribution in [0.5, 0.6) is 0 Å². The lowest BCUT2D eigenvalue weighted by atomic mass is 10.1. The third-order valence-electron chi connectivity index (χ3n) is 5.91. The second-order valence-electron chi connectivity index (χ2n) is 9.09. The Morgan fingerprint density at radius 1 is 0.625 bits per heavy atom. The number of hydrogen-bond acceptors (Lipinski definition) is 4. The highest BCUT2D eigenvalue weighted by atomic mass is 16.5. The summed E-state index contributed by atoms with van der Waals surface area (Å²) in [5, 5.41) is 0. The molecule has 1 rings (SSSR count). The zero-order chi connectivity index (χ0) is 23.6. The van der Waals surface area contributed by atoms with Crippen molar-refractivity contribution in [3.8, 4) is 0 Å². The van der Waals surface area contributed by atoms with Gasteiger partial charge in [-0.3, -0.25) is 0 Å². The van der Waals surface area contributed by atoms with Crippen molar-refractivity contribution >= 4 is 11.9 Å². The highest BCUT2D eigenvalue weighted by molar-refractivity contribution is 6.03. The van der Waals surface area contributed by atoms with E-state index in [0.29, 0.717) is 11.1 Å². The van der Waals surface area contributed by atoms with Crippen molar-refractivity contribution in [1.82, 2.24) is 0 Å². The number of carbonyl (C=O) groups excluding carboxylic acids is 2. The molecule has 0 aliphatic rings. The summed E-state index contributed by atoms with van der Waals surface area (Å²) >= 11 is 0. The summed E-state index contributed by atoms with van der Waals surface area (Å²) in [6.07, 6.45) is 15.9. The van der Waals surface area contributed by atoms with Gasteiger partial charge in [-0.25, -0.2) is 9.59 Å². The van der Waals surface area contributed by atoms with Gasteiger partial charge in [-0.05, 0) is 51.7 Å². The SMILES string of the molecule is CCCCCCCCC(C)OC(=O)c1ccccc1C(=O)OC(C)CCCCCCCC. The Morgan fingerprint density at radius 2 is 0.969 bits per heavy atom. The molecule has 0 aliphatic heterocycles.